The van der Waals surface area contributed by atoms with Crippen LogP contribution in [0.5, 0.6) is 0 Å². The first-order valence-electron chi connectivity index (χ1n) is 6.37. The summed E-state index contributed by atoms with van der Waals surface area (Å²) >= 11 is 0. The van der Waals surface area contributed by atoms with E-state index in [9.17, 15) is 10.1 Å². The molecule has 5 nitrogen and oxygen atoms in total. The maximum absolute atomic E-state index is 10.8. The number of non-ortho nitro benzene ring substituents is 1. The minimum Gasteiger partial charge on any atom is -0.326 e. The van der Waals surface area contributed by atoms with Gasteiger partial charge < -0.3 is 5.73 Å². The van der Waals surface area contributed by atoms with Crippen molar-refractivity contribution < 1.29 is 4.92 Å². The van der Waals surface area contributed by atoms with Gasteiger partial charge >= 0.3 is 0 Å². The van der Waals surface area contributed by atoms with E-state index in [1.807, 2.05) is 6.07 Å². The molecule has 1 aromatic rings. The fourth-order valence-electron chi connectivity index (χ4n) is 2.70. The molecule has 1 fully saturated rings. The molecule has 2 rings (SSSR count). The van der Waals surface area contributed by atoms with E-state index >= 15 is 0 Å². The number of hydrogen-bond acceptors (Lipinski definition) is 4. The van der Waals surface area contributed by atoms with Crippen LogP contribution in [-0.2, 0) is 0 Å². The van der Waals surface area contributed by atoms with Gasteiger partial charge in [-0.2, -0.15) is 0 Å². The normalized spacial score (nSPS) is 24.3. The second-order valence-corrected chi connectivity index (χ2v) is 4.79. The maximum Gasteiger partial charge on any atom is 0.269 e. The number of nitrogens with zero attached hydrogens (tertiary/aromatic N) is 2. The Labute approximate surface area is 107 Å². The second-order valence-electron chi connectivity index (χ2n) is 4.79. The average molecular weight is 249 g/mol. The summed E-state index contributed by atoms with van der Waals surface area (Å²) in [7, 11) is 0. The predicted octanol–water partition coefficient (Wildman–Crippen LogP) is 2.08. The quantitative estimate of drug-likeness (QED) is 0.655. The van der Waals surface area contributed by atoms with Gasteiger partial charge in [-0.25, -0.2) is 0 Å². The number of nitrogens with two attached hydrogens (primary N) is 1. The highest BCUT2D eigenvalue weighted by molar-refractivity contribution is 5.36. The molecule has 1 aliphatic heterocycles. The van der Waals surface area contributed by atoms with E-state index in [0.29, 0.717) is 0 Å². The minimum atomic E-state index is -0.353. The van der Waals surface area contributed by atoms with Crippen LogP contribution in [0.25, 0.3) is 0 Å². The highest BCUT2D eigenvalue weighted by Crippen LogP contribution is 2.32. The number of hydrogen-bond donors (Lipinski definition) is 1. The molecule has 0 saturated carbocycles. The van der Waals surface area contributed by atoms with Crippen LogP contribution < -0.4 is 5.73 Å². The summed E-state index contributed by atoms with van der Waals surface area (Å²) in [6.45, 7) is 4.10. The van der Waals surface area contributed by atoms with Crippen LogP contribution in [0.1, 0.15) is 31.4 Å². The van der Waals surface area contributed by atoms with Crippen molar-refractivity contribution in [1.82, 2.24) is 4.90 Å². The molecule has 2 N–H and O–H groups in total. The standard InChI is InChI=1S/C13H19N3O2/c1-2-7-15-8-6-12(14)13(15)10-4-3-5-11(9-10)16(17)18/h3-5,9,12-13H,2,6-8,14H2,1H3. The van der Waals surface area contributed by atoms with E-state index in [1.54, 1.807) is 12.1 Å². The smallest absolute Gasteiger partial charge is 0.269 e. The molecule has 0 radical (unpaired) electrons. The molecular weight excluding hydrogens is 230 g/mol. The Hall–Kier alpha value is -1.46. The Balaban J connectivity index is 2.28. The first-order valence-corrected chi connectivity index (χ1v) is 6.37. The van der Waals surface area contributed by atoms with E-state index < -0.39 is 0 Å². The van der Waals surface area contributed by atoms with E-state index in [-0.39, 0.29) is 22.7 Å². The van der Waals surface area contributed by atoms with Gasteiger partial charge in [0.25, 0.3) is 5.69 Å². The summed E-state index contributed by atoms with van der Waals surface area (Å²) in [5.41, 5.74) is 7.25. The van der Waals surface area contributed by atoms with Gasteiger partial charge in [0.05, 0.1) is 11.0 Å². The molecule has 98 valence electrons. The van der Waals surface area contributed by atoms with Crippen molar-refractivity contribution in [2.45, 2.75) is 31.8 Å². The third-order valence-corrected chi connectivity index (χ3v) is 3.48. The highest BCUT2D eigenvalue weighted by atomic mass is 16.6. The van der Waals surface area contributed by atoms with Gasteiger partial charge in [0.2, 0.25) is 0 Å². The molecule has 2 unspecified atom stereocenters. The van der Waals surface area contributed by atoms with Crippen molar-refractivity contribution in [2.75, 3.05) is 13.1 Å². The van der Waals surface area contributed by atoms with Gasteiger partial charge in [0.1, 0.15) is 0 Å². The van der Waals surface area contributed by atoms with Crippen molar-refractivity contribution in [2.24, 2.45) is 5.73 Å². The fourth-order valence-corrected chi connectivity index (χ4v) is 2.70. The largest absolute Gasteiger partial charge is 0.326 e. The zero-order valence-electron chi connectivity index (χ0n) is 10.6. The zero-order chi connectivity index (χ0) is 13.1. The van der Waals surface area contributed by atoms with Gasteiger partial charge in [0.15, 0.2) is 0 Å². The van der Waals surface area contributed by atoms with Gasteiger partial charge in [-0.1, -0.05) is 19.1 Å². The lowest BCUT2D eigenvalue weighted by Gasteiger charge is -2.26. The monoisotopic (exact) mass is 249 g/mol. The number of rotatable bonds is 4. The summed E-state index contributed by atoms with van der Waals surface area (Å²) in [5, 5.41) is 10.8. The molecule has 5 heteroatoms. The molecular formula is C13H19N3O2. The minimum absolute atomic E-state index is 0.0681. The van der Waals surface area contributed by atoms with E-state index in [4.69, 9.17) is 5.73 Å². The molecule has 1 heterocycles. The number of nitro groups is 1. The Kier molecular flexibility index (Phi) is 3.93. The van der Waals surface area contributed by atoms with Crippen molar-refractivity contribution in [3.05, 3.63) is 39.9 Å². The summed E-state index contributed by atoms with van der Waals surface area (Å²) in [4.78, 5) is 12.8. The molecule has 2 atom stereocenters. The molecule has 0 bridgehead atoms. The van der Waals surface area contributed by atoms with Crippen LogP contribution >= 0.6 is 0 Å². The number of likely N-dealkylation sites (tertiary alicyclic amines) is 1. The van der Waals surface area contributed by atoms with E-state index in [2.05, 4.69) is 11.8 Å². The SMILES string of the molecule is CCCN1CCC(N)C1c1cccc([N+](=O)[O-])c1. The fraction of sp³-hybridized carbons (Fsp3) is 0.538. The Bertz CT molecular complexity index is 434. The molecule has 0 spiro atoms. The molecule has 1 aliphatic rings. The lowest BCUT2D eigenvalue weighted by molar-refractivity contribution is -0.384. The predicted molar refractivity (Wildman–Crippen MR) is 70.3 cm³/mol. The first-order chi connectivity index (χ1) is 8.63. The van der Waals surface area contributed by atoms with Crippen molar-refractivity contribution in [3.8, 4) is 0 Å². The molecule has 0 aliphatic carbocycles. The first kappa shape index (κ1) is 13.0. The van der Waals surface area contributed by atoms with Gasteiger partial charge in [-0.15, -0.1) is 0 Å². The van der Waals surface area contributed by atoms with Crippen LogP contribution in [0.2, 0.25) is 0 Å². The zero-order valence-corrected chi connectivity index (χ0v) is 10.6. The third kappa shape index (κ3) is 2.52. The number of benzene rings is 1. The molecule has 1 saturated heterocycles. The molecule has 0 amide bonds. The third-order valence-electron chi connectivity index (χ3n) is 3.48. The second kappa shape index (κ2) is 5.46. The summed E-state index contributed by atoms with van der Waals surface area (Å²) in [6.07, 6.45) is 2.02. The Morgan fingerprint density at radius 2 is 2.33 bits per heavy atom. The summed E-state index contributed by atoms with van der Waals surface area (Å²) in [5.74, 6) is 0. The van der Waals surface area contributed by atoms with Crippen molar-refractivity contribution in [3.63, 3.8) is 0 Å². The van der Waals surface area contributed by atoms with Gasteiger partial charge in [-0.05, 0) is 24.9 Å². The van der Waals surface area contributed by atoms with Crippen LogP contribution in [0.3, 0.4) is 0 Å². The maximum atomic E-state index is 10.8. The number of nitro benzene ring substituents is 1. The van der Waals surface area contributed by atoms with Crippen LogP contribution in [0.15, 0.2) is 24.3 Å². The Morgan fingerprint density at radius 1 is 1.56 bits per heavy atom. The molecule has 18 heavy (non-hydrogen) atoms. The van der Waals surface area contributed by atoms with E-state index in [0.717, 1.165) is 31.5 Å². The lowest BCUT2D eigenvalue weighted by atomic mass is 10.00. The average Bonchev–Trinajstić information content (AvgIpc) is 2.71. The van der Waals surface area contributed by atoms with E-state index in [1.165, 1.54) is 6.07 Å². The molecule has 0 aromatic heterocycles. The van der Waals surface area contributed by atoms with Gasteiger partial charge in [0, 0.05) is 24.7 Å². The van der Waals surface area contributed by atoms with Crippen molar-refractivity contribution in [1.29, 1.82) is 0 Å². The van der Waals surface area contributed by atoms with Crippen LogP contribution in [-0.4, -0.2) is 29.0 Å². The summed E-state index contributed by atoms with van der Waals surface area (Å²) in [6, 6.07) is 7.03. The van der Waals surface area contributed by atoms with Crippen LogP contribution in [0.4, 0.5) is 5.69 Å². The highest BCUT2D eigenvalue weighted by Gasteiger charge is 2.32. The van der Waals surface area contributed by atoms with Crippen molar-refractivity contribution >= 4 is 5.69 Å². The lowest BCUT2D eigenvalue weighted by Crippen LogP contribution is -2.32. The van der Waals surface area contributed by atoms with Gasteiger partial charge in [-0.3, -0.25) is 15.0 Å². The Morgan fingerprint density at radius 3 is 3.00 bits per heavy atom. The van der Waals surface area contributed by atoms with Crippen LogP contribution in [0, 0.1) is 10.1 Å². The summed E-state index contributed by atoms with van der Waals surface area (Å²) < 4.78 is 0. The topological polar surface area (TPSA) is 72.4 Å². The molecule has 1 aromatic carbocycles.